The van der Waals surface area contributed by atoms with Crippen LogP contribution in [0.15, 0.2) is 0 Å². The van der Waals surface area contributed by atoms with Crippen LogP contribution in [0.25, 0.3) is 0 Å². The van der Waals surface area contributed by atoms with Gasteiger partial charge in [-0.05, 0) is 13.0 Å². The van der Waals surface area contributed by atoms with E-state index in [-0.39, 0.29) is 35.1 Å². The third-order valence-corrected chi connectivity index (χ3v) is 6.88. The van der Waals surface area contributed by atoms with E-state index in [1.54, 1.807) is 0 Å². The molecule has 2 heterocycles. The van der Waals surface area contributed by atoms with E-state index >= 15 is 0 Å². The molecule has 0 aromatic rings. The zero-order valence-electron chi connectivity index (χ0n) is 9.58. The Balaban J connectivity index is 2.09. The van der Waals surface area contributed by atoms with Gasteiger partial charge in [0.25, 0.3) is 0 Å². The summed E-state index contributed by atoms with van der Waals surface area (Å²) in [4.78, 5) is 1.93. The standard InChI is InChI=1S/C9H18N2O4S2/c10-8-6-17(14,15)7-9(8)11-2-1-4-16(12,13)5-3-11/h8-9H,1-7,10H2. The maximum Gasteiger partial charge on any atom is 0.153 e. The fourth-order valence-corrected chi connectivity index (χ4v) is 5.73. The van der Waals surface area contributed by atoms with Crippen LogP contribution in [0.1, 0.15) is 6.42 Å². The van der Waals surface area contributed by atoms with Crippen LogP contribution in [0.3, 0.4) is 0 Å². The van der Waals surface area contributed by atoms with E-state index < -0.39 is 19.7 Å². The average molecular weight is 282 g/mol. The molecule has 2 unspecified atom stereocenters. The first-order chi connectivity index (χ1) is 7.79. The van der Waals surface area contributed by atoms with E-state index in [0.717, 1.165) is 0 Å². The highest BCUT2D eigenvalue weighted by atomic mass is 32.2. The van der Waals surface area contributed by atoms with Gasteiger partial charge in [0.2, 0.25) is 0 Å². The molecule has 2 atom stereocenters. The highest BCUT2D eigenvalue weighted by molar-refractivity contribution is 7.91. The summed E-state index contributed by atoms with van der Waals surface area (Å²) in [6.07, 6.45) is 0.561. The van der Waals surface area contributed by atoms with E-state index in [4.69, 9.17) is 5.73 Å². The number of rotatable bonds is 1. The predicted molar refractivity (Wildman–Crippen MR) is 65.3 cm³/mol. The lowest BCUT2D eigenvalue weighted by Crippen LogP contribution is -2.48. The van der Waals surface area contributed by atoms with Gasteiger partial charge in [-0.2, -0.15) is 0 Å². The van der Waals surface area contributed by atoms with Gasteiger partial charge in [-0.25, -0.2) is 16.8 Å². The summed E-state index contributed by atoms with van der Waals surface area (Å²) in [7, 11) is -6.01. The lowest BCUT2D eigenvalue weighted by Gasteiger charge is -2.28. The van der Waals surface area contributed by atoms with Crippen LogP contribution in [-0.4, -0.2) is 69.9 Å². The molecular formula is C9H18N2O4S2. The van der Waals surface area contributed by atoms with Gasteiger partial charge in [-0.15, -0.1) is 0 Å². The van der Waals surface area contributed by atoms with Crippen molar-refractivity contribution in [2.24, 2.45) is 5.73 Å². The van der Waals surface area contributed by atoms with Gasteiger partial charge in [0, 0.05) is 18.6 Å². The van der Waals surface area contributed by atoms with Crippen LogP contribution in [0.2, 0.25) is 0 Å². The van der Waals surface area contributed by atoms with Crippen molar-refractivity contribution >= 4 is 19.7 Å². The van der Waals surface area contributed by atoms with Gasteiger partial charge in [-0.1, -0.05) is 0 Å². The third kappa shape index (κ3) is 3.18. The summed E-state index contributed by atoms with van der Waals surface area (Å²) in [5.74, 6) is 0.379. The summed E-state index contributed by atoms with van der Waals surface area (Å²) < 4.78 is 45.9. The largest absolute Gasteiger partial charge is 0.325 e. The molecule has 0 aromatic heterocycles. The monoisotopic (exact) mass is 282 g/mol. The van der Waals surface area contributed by atoms with Crippen molar-refractivity contribution < 1.29 is 16.8 Å². The molecule has 2 rings (SSSR count). The Bertz CT molecular complexity index is 485. The smallest absolute Gasteiger partial charge is 0.153 e. The lowest BCUT2D eigenvalue weighted by molar-refractivity contribution is 0.214. The normalized spacial score (nSPS) is 37.7. The minimum Gasteiger partial charge on any atom is -0.325 e. The first-order valence-corrected chi connectivity index (χ1v) is 9.34. The molecule has 0 spiro atoms. The van der Waals surface area contributed by atoms with Gasteiger partial charge in [-0.3, -0.25) is 4.90 Å². The van der Waals surface area contributed by atoms with Crippen molar-refractivity contribution in [2.75, 3.05) is 36.1 Å². The number of sulfone groups is 2. The molecule has 0 aliphatic carbocycles. The molecule has 2 N–H and O–H groups in total. The third-order valence-electron chi connectivity index (χ3n) is 3.42. The van der Waals surface area contributed by atoms with Gasteiger partial charge < -0.3 is 5.73 Å². The summed E-state index contributed by atoms with van der Waals surface area (Å²) >= 11 is 0. The number of nitrogens with zero attached hydrogens (tertiary/aromatic N) is 1. The van der Waals surface area contributed by atoms with Crippen LogP contribution in [0.5, 0.6) is 0 Å². The molecule has 0 amide bonds. The quantitative estimate of drug-likeness (QED) is 0.611. The van der Waals surface area contributed by atoms with Gasteiger partial charge >= 0.3 is 0 Å². The molecule has 2 aliphatic rings. The van der Waals surface area contributed by atoms with Gasteiger partial charge in [0.1, 0.15) is 0 Å². The van der Waals surface area contributed by atoms with Crippen molar-refractivity contribution in [3.8, 4) is 0 Å². The summed E-state index contributed by atoms with van der Waals surface area (Å²) in [6, 6.07) is -0.603. The van der Waals surface area contributed by atoms with Crippen LogP contribution in [0, 0.1) is 0 Å². The van der Waals surface area contributed by atoms with E-state index in [1.165, 1.54) is 0 Å². The second-order valence-corrected chi connectivity index (χ2v) is 9.31. The Kier molecular flexibility index (Phi) is 3.50. The molecule has 0 bridgehead atoms. The molecule has 2 aliphatic heterocycles. The van der Waals surface area contributed by atoms with Crippen LogP contribution in [-0.2, 0) is 19.7 Å². The van der Waals surface area contributed by atoms with Crippen LogP contribution < -0.4 is 5.73 Å². The first-order valence-electron chi connectivity index (χ1n) is 5.70. The Morgan fingerprint density at radius 3 is 2.24 bits per heavy atom. The lowest BCUT2D eigenvalue weighted by atomic mass is 10.1. The minimum atomic E-state index is -3.05. The van der Waals surface area contributed by atoms with E-state index in [1.807, 2.05) is 4.90 Å². The Hall–Kier alpha value is -0.180. The Labute approximate surface area is 102 Å². The zero-order valence-corrected chi connectivity index (χ0v) is 11.2. The number of hydrogen-bond acceptors (Lipinski definition) is 6. The fourth-order valence-electron chi connectivity index (χ4n) is 2.52. The van der Waals surface area contributed by atoms with Crippen molar-refractivity contribution in [2.45, 2.75) is 18.5 Å². The Morgan fingerprint density at radius 2 is 1.65 bits per heavy atom. The average Bonchev–Trinajstić information content (AvgIpc) is 2.35. The second kappa shape index (κ2) is 4.49. The van der Waals surface area contributed by atoms with E-state index in [9.17, 15) is 16.8 Å². The molecular weight excluding hydrogens is 264 g/mol. The molecule has 0 saturated carbocycles. The number of nitrogens with two attached hydrogens (primary N) is 1. The molecule has 8 heteroatoms. The molecule has 17 heavy (non-hydrogen) atoms. The van der Waals surface area contributed by atoms with Crippen molar-refractivity contribution in [3.05, 3.63) is 0 Å². The first kappa shape index (κ1) is 13.3. The molecule has 6 nitrogen and oxygen atoms in total. The molecule has 2 fully saturated rings. The Morgan fingerprint density at radius 1 is 0.941 bits per heavy atom. The predicted octanol–water partition coefficient (Wildman–Crippen LogP) is -1.77. The number of hydrogen-bond donors (Lipinski definition) is 1. The SMILES string of the molecule is NC1CS(=O)(=O)CC1N1CCCS(=O)(=O)CC1. The van der Waals surface area contributed by atoms with Crippen LogP contribution in [0.4, 0.5) is 0 Å². The zero-order chi connectivity index (χ0) is 12.7. The topological polar surface area (TPSA) is 97.5 Å². The fraction of sp³-hybridized carbons (Fsp3) is 1.00. The minimum absolute atomic E-state index is 0.0148. The van der Waals surface area contributed by atoms with Crippen LogP contribution >= 0.6 is 0 Å². The maximum atomic E-state index is 11.5. The summed E-state index contributed by atoms with van der Waals surface area (Å²) in [5, 5.41) is 0. The van der Waals surface area contributed by atoms with Crippen molar-refractivity contribution in [1.82, 2.24) is 4.90 Å². The summed E-state index contributed by atoms with van der Waals surface area (Å²) in [5.41, 5.74) is 5.83. The van der Waals surface area contributed by atoms with E-state index in [0.29, 0.717) is 19.5 Å². The maximum absolute atomic E-state index is 11.5. The van der Waals surface area contributed by atoms with Crippen molar-refractivity contribution in [1.29, 1.82) is 0 Å². The highest BCUT2D eigenvalue weighted by Crippen LogP contribution is 2.19. The van der Waals surface area contributed by atoms with Crippen molar-refractivity contribution in [3.63, 3.8) is 0 Å². The summed E-state index contributed by atoms with van der Waals surface area (Å²) in [6.45, 7) is 1.02. The van der Waals surface area contributed by atoms with E-state index in [2.05, 4.69) is 0 Å². The molecule has 2 saturated heterocycles. The molecule has 0 aromatic carbocycles. The highest BCUT2D eigenvalue weighted by Gasteiger charge is 2.39. The van der Waals surface area contributed by atoms with Gasteiger partial charge in [0.15, 0.2) is 19.7 Å². The molecule has 0 radical (unpaired) electrons. The second-order valence-electron chi connectivity index (χ2n) is 4.85. The van der Waals surface area contributed by atoms with Gasteiger partial charge in [0.05, 0.1) is 23.0 Å². The molecule has 100 valence electrons.